The summed E-state index contributed by atoms with van der Waals surface area (Å²) in [5, 5.41) is 3.38. The third-order valence-corrected chi connectivity index (χ3v) is 4.30. The van der Waals surface area contributed by atoms with Crippen LogP contribution in [-0.4, -0.2) is 46.5 Å². The molecule has 0 radical (unpaired) electrons. The highest BCUT2D eigenvalue weighted by molar-refractivity contribution is 5.80. The average Bonchev–Trinajstić information content (AvgIpc) is 2.98. The van der Waals surface area contributed by atoms with Gasteiger partial charge in [-0.15, -0.1) is 0 Å². The van der Waals surface area contributed by atoms with Crippen molar-refractivity contribution in [2.45, 2.75) is 45.6 Å². The third-order valence-electron chi connectivity index (χ3n) is 4.30. The maximum absolute atomic E-state index is 12.5. The number of amides is 1. The quantitative estimate of drug-likeness (QED) is 0.893. The fourth-order valence-corrected chi connectivity index (χ4v) is 2.99. The molecule has 2 rings (SSSR count). The number of hydrogen-bond acceptors (Lipinski definition) is 3. The van der Waals surface area contributed by atoms with Crippen LogP contribution >= 0.6 is 0 Å². The standard InChI is InChI=1S/C15H26N4O/c1-4-18(5-2)15(20)12(3)19-11-17-10-14(19)13-6-8-16-9-7-13/h10-13,16H,4-9H2,1-3H3. The van der Waals surface area contributed by atoms with Crippen molar-refractivity contribution in [1.82, 2.24) is 19.8 Å². The van der Waals surface area contributed by atoms with Gasteiger partial charge in [0.15, 0.2) is 0 Å². The minimum absolute atomic E-state index is 0.165. The van der Waals surface area contributed by atoms with Crippen LogP contribution in [0.1, 0.15) is 51.3 Å². The van der Waals surface area contributed by atoms with E-state index in [1.807, 2.05) is 38.2 Å². The highest BCUT2D eigenvalue weighted by atomic mass is 16.2. The zero-order valence-corrected chi connectivity index (χ0v) is 12.8. The van der Waals surface area contributed by atoms with E-state index in [4.69, 9.17) is 0 Å². The Morgan fingerprint density at radius 1 is 1.45 bits per heavy atom. The molecule has 1 atom stereocenters. The van der Waals surface area contributed by atoms with Crippen molar-refractivity contribution in [2.75, 3.05) is 26.2 Å². The van der Waals surface area contributed by atoms with Crippen molar-refractivity contribution >= 4 is 5.91 Å². The molecule has 0 spiro atoms. The monoisotopic (exact) mass is 278 g/mol. The third kappa shape index (κ3) is 3.03. The number of aromatic nitrogens is 2. The molecule has 5 nitrogen and oxygen atoms in total. The number of piperidine rings is 1. The zero-order chi connectivity index (χ0) is 14.5. The predicted molar refractivity (Wildman–Crippen MR) is 79.7 cm³/mol. The summed E-state index contributed by atoms with van der Waals surface area (Å²) in [4.78, 5) is 18.7. The summed E-state index contributed by atoms with van der Waals surface area (Å²) in [6, 6.07) is -0.165. The van der Waals surface area contributed by atoms with Gasteiger partial charge >= 0.3 is 0 Å². The van der Waals surface area contributed by atoms with E-state index >= 15 is 0 Å². The minimum atomic E-state index is -0.165. The number of carbonyl (C=O) groups is 1. The molecule has 1 aromatic heterocycles. The molecule has 0 bridgehead atoms. The van der Waals surface area contributed by atoms with E-state index in [9.17, 15) is 4.79 Å². The zero-order valence-electron chi connectivity index (χ0n) is 12.8. The van der Waals surface area contributed by atoms with E-state index in [-0.39, 0.29) is 11.9 Å². The lowest BCUT2D eigenvalue weighted by molar-refractivity contribution is -0.133. The molecule has 1 aliphatic rings. The highest BCUT2D eigenvalue weighted by Crippen LogP contribution is 2.27. The molecular weight excluding hydrogens is 252 g/mol. The van der Waals surface area contributed by atoms with Crippen molar-refractivity contribution in [2.24, 2.45) is 0 Å². The van der Waals surface area contributed by atoms with Gasteiger partial charge in [-0.3, -0.25) is 4.79 Å². The minimum Gasteiger partial charge on any atom is -0.341 e. The fourth-order valence-electron chi connectivity index (χ4n) is 2.99. The molecular formula is C15H26N4O. The van der Waals surface area contributed by atoms with Crippen molar-refractivity contribution in [3.8, 4) is 0 Å². The van der Waals surface area contributed by atoms with Crippen LogP contribution in [0.25, 0.3) is 0 Å². The van der Waals surface area contributed by atoms with Gasteiger partial charge in [0.25, 0.3) is 0 Å². The van der Waals surface area contributed by atoms with Crippen LogP contribution in [0.2, 0.25) is 0 Å². The first-order chi connectivity index (χ1) is 9.69. The Labute approximate surface area is 121 Å². The Balaban J connectivity index is 2.16. The molecule has 1 aliphatic heterocycles. The first kappa shape index (κ1) is 15.0. The van der Waals surface area contributed by atoms with E-state index in [1.165, 1.54) is 5.69 Å². The topological polar surface area (TPSA) is 50.2 Å². The van der Waals surface area contributed by atoms with E-state index in [0.29, 0.717) is 5.92 Å². The molecule has 1 saturated heterocycles. The van der Waals surface area contributed by atoms with Gasteiger partial charge in [-0.1, -0.05) is 0 Å². The van der Waals surface area contributed by atoms with Crippen molar-refractivity contribution in [1.29, 1.82) is 0 Å². The van der Waals surface area contributed by atoms with Crippen molar-refractivity contribution in [3.05, 3.63) is 18.2 Å². The number of hydrogen-bond donors (Lipinski definition) is 1. The van der Waals surface area contributed by atoms with Crippen LogP contribution in [0.4, 0.5) is 0 Å². The summed E-state index contributed by atoms with van der Waals surface area (Å²) in [7, 11) is 0. The van der Waals surface area contributed by atoms with Crippen LogP contribution in [0.5, 0.6) is 0 Å². The average molecular weight is 278 g/mol. The lowest BCUT2D eigenvalue weighted by Crippen LogP contribution is -2.36. The summed E-state index contributed by atoms with van der Waals surface area (Å²) < 4.78 is 2.07. The molecule has 1 amide bonds. The largest absolute Gasteiger partial charge is 0.341 e. The van der Waals surface area contributed by atoms with Gasteiger partial charge in [-0.05, 0) is 46.7 Å². The highest BCUT2D eigenvalue weighted by Gasteiger charge is 2.25. The second-order valence-electron chi connectivity index (χ2n) is 5.44. The molecule has 1 aromatic rings. The Kier molecular flexibility index (Phi) is 5.17. The fraction of sp³-hybridized carbons (Fsp3) is 0.733. The lowest BCUT2D eigenvalue weighted by atomic mass is 9.94. The number of nitrogens with zero attached hydrogens (tertiary/aromatic N) is 3. The van der Waals surface area contributed by atoms with Crippen LogP contribution in [0.3, 0.4) is 0 Å². The first-order valence-electron chi connectivity index (χ1n) is 7.70. The number of carbonyl (C=O) groups excluding carboxylic acids is 1. The molecule has 0 aromatic carbocycles. The molecule has 2 heterocycles. The van der Waals surface area contributed by atoms with Crippen LogP contribution in [-0.2, 0) is 4.79 Å². The molecule has 1 N–H and O–H groups in total. The summed E-state index contributed by atoms with van der Waals surface area (Å²) in [6.07, 6.45) is 5.99. The molecule has 0 saturated carbocycles. The number of imidazole rings is 1. The summed E-state index contributed by atoms with van der Waals surface area (Å²) in [5.74, 6) is 0.703. The Bertz CT molecular complexity index is 433. The maximum Gasteiger partial charge on any atom is 0.245 e. The molecule has 1 fully saturated rings. The normalized spacial score (nSPS) is 17.9. The number of likely N-dealkylation sites (N-methyl/N-ethyl adjacent to an activating group) is 1. The Hall–Kier alpha value is -1.36. The summed E-state index contributed by atoms with van der Waals surface area (Å²) in [6.45, 7) is 9.65. The molecule has 112 valence electrons. The van der Waals surface area contributed by atoms with E-state index in [1.54, 1.807) is 0 Å². The van der Waals surface area contributed by atoms with Crippen molar-refractivity contribution in [3.63, 3.8) is 0 Å². The summed E-state index contributed by atoms with van der Waals surface area (Å²) in [5.41, 5.74) is 1.21. The molecule has 20 heavy (non-hydrogen) atoms. The molecule has 1 unspecified atom stereocenters. The van der Waals surface area contributed by atoms with Gasteiger partial charge in [-0.2, -0.15) is 0 Å². The smallest absolute Gasteiger partial charge is 0.245 e. The van der Waals surface area contributed by atoms with Gasteiger partial charge in [-0.25, -0.2) is 4.98 Å². The maximum atomic E-state index is 12.5. The van der Waals surface area contributed by atoms with Crippen LogP contribution in [0.15, 0.2) is 12.5 Å². The molecule has 5 heteroatoms. The van der Waals surface area contributed by atoms with Crippen LogP contribution in [0, 0.1) is 0 Å². The Morgan fingerprint density at radius 2 is 2.10 bits per heavy atom. The first-order valence-corrected chi connectivity index (χ1v) is 7.70. The second-order valence-corrected chi connectivity index (χ2v) is 5.44. The predicted octanol–water partition coefficient (Wildman–Crippen LogP) is 1.78. The van der Waals surface area contributed by atoms with E-state index in [0.717, 1.165) is 39.0 Å². The van der Waals surface area contributed by atoms with Gasteiger partial charge in [0.1, 0.15) is 6.04 Å². The lowest BCUT2D eigenvalue weighted by Gasteiger charge is -2.28. The van der Waals surface area contributed by atoms with Gasteiger partial charge < -0.3 is 14.8 Å². The number of nitrogens with one attached hydrogen (secondary N) is 1. The summed E-state index contributed by atoms with van der Waals surface area (Å²) >= 11 is 0. The van der Waals surface area contributed by atoms with Gasteiger partial charge in [0.2, 0.25) is 5.91 Å². The van der Waals surface area contributed by atoms with E-state index in [2.05, 4.69) is 14.9 Å². The van der Waals surface area contributed by atoms with E-state index < -0.39 is 0 Å². The second kappa shape index (κ2) is 6.88. The van der Waals surface area contributed by atoms with Gasteiger partial charge in [0, 0.05) is 30.9 Å². The Morgan fingerprint density at radius 3 is 2.70 bits per heavy atom. The van der Waals surface area contributed by atoms with Crippen LogP contribution < -0.4 is 5.32 Å². The number of rotatable bonds is 5. The molecule has 0 aliphatic carbocycles. The van der Waals surface area contributed by atoms with Gasteiger partial charge in [0.05, 0.1) is 6.33 Å². The van der Waals surface area contributed by atoms with Crippen molar-refractivity contribution < 1.29 is 4.79 Å². The SMILES string of the molecule is CCN(CC)C(=O)C(C)n1cncc1C1CCNCC1.